The van der Waals surface area contributed by atoms with Gasteiger partial charge in [-0.2, -0.15) is 0 Å². The number of ether oxygens (including phenoxy) is 1. The Hall–Kier alpha value is -2.40. The Labute approximate surface area is 144 Å². The summed E-state index contributed by atoms with van der Waals surface area (Å²) in [5.74, 6) is -1.29. The molecule has 0 radical (unpaired) electrons. The zero-order chi connectivity index (χ0) is 17.5. The van der Waals surface area contributed by atoms with E-state index in [0.29, 0.717) is 17.1 Å². The Kier molecular flexibility index (Phi) is 6.32. The Bertz CT molecular complexity index is 718. The van der Waals surface area contributed by atoms with E-state index in [2.05, 4.69) is 5.32 Å². The Morgan fingerprint density at radius 2 is 1.83 bits per heavy atom. The molecule has 0 aliphatic heterocycles. The second kappa shape index (κ2) is 8.45. The third-order valence-electron chi connectivity index (χ3n) is 3.34. The van der Waals surface area contributed by atoms with Crippen LogP contribution in [0.3, 0.4) is 0 Å². The molecule has 0 spiro atoms. The standard InChI is InChI=1S/C18H17ClFNO3/c1-12(18(23)21-16-5-3-2-4-15(16)19)24-17(22)11-8-13-6-9-14(20)10-7-13/h2-7,9-10,12H,8,11H2,1H3,(H,21,23)/t12-/m1/s1. The number of benzene rings is 2. The summed E-state index contributed by atoms with van der Waals surface area (Å²) in [6.45, 7) is 1.49. The Balaban J connectivity index is 1.81. The number of rotatable bonds is 6. The first-order chi connectivity index (χ1) is 11.5. The Morgan fingerprint density at radius 1 is 1.17 bits per heavy atom. The molecular weight excluding hydrogens is 333 g/mol. The predicted octanol–water partition coefficient (Wildman–Crippen LogP) is 3.98. The molecule has 0 saturated heterocycles. The minimum Gasteiger partial charge on any atom is -0.453 e. The van der Waals surface area contributed by atoms with E-state index in [9.17, 15) is 14.0 Å². The highest BCUT2D eigenvalue weighted by Crippen LogP contribution is 2.20. The lowest BCUT2D eigenvalue weighted by Gasteiger charge is -2.14. The molecule has 126 valence electrons. The summed E-state index contributed by atoms with van der Waals surface area (Å²) in [5.41, 5.74) is 1.28. The van der Waals surface area contributed by atoms with E-state index in [1.165, 1.54) is 19.1 Å². The summed E-state index contributed by atoms with van der Waals surface area (Å²) >= 11 is 5.96. The summed E-state index contributed by atoms with van der Waals surface area (Å²) in [6.07, 6.45) is -0.421. The lowest BCUT2D eigenvalue weighted by molar-refractivity contribution is -0.153. The van der Waals surface area contributed by atoms with Gasteiger partial charge in [0.1, 0.15) is 5.82 Å². The number of carbonyl (C=O) groups is 2. The number of nitrogens with one attached hydrogen (secondary N) is 1. The molecule has 0 heterocycles. The van der Waals surface area contributed by atoms with Crippen LogP contribution in [0.15, 0.2) is 48.5 Å². The van der Waals surface area contributed by atoms with E-state index in [1.54, 1.807) is 36.4 Å². The van der Waals surface area contributed by atoms with E-state index in [0.717, 1.165) is 5.56 Å². The van der Waals surface area contributed by atoms with Crippen molar-refractivity contribution in [1.82, 2.24) is 0 Å². The highest BCUT2D eigenvalue weighted by atomic mass is 35.5. The van der Waals surface area contributed by atoms with Crippen LogP contribution < -0.4 is 5.32 Å². The normalized spacial score (nSPS) is 11.6. The molecule has 0 aliphatic rings. The number of aryl methyl sites for hydroxylation is 1. The van der Waals surface area contributed by atoms with Gasteiger partial charge in [0.2, 0.25) is 0 Å². The molecule has 0 aliphatic carbocycles. The topological polar surface area (TPSA) is 55.4 Å². The molecule has 2 aromatic carbocycles. The van der Waals surface area contributed by atoms with E-state index in [4.69, 9.17) is 16.3 Å². The van der Waals surface area contributed by atoms with Crippen molar-refractivity contribution in [3.63, 3.8) is 0 Å². The van der Waals surface area contributed by atoms with Crippen LogP contribution in [0.25, 0.3) is 0 Å². The van der Waals surface area contributed by atoms with Gasteiger partial charge in [0.05, 0.1) is 10.7 Å². The molecule has 0 saturated carbocycles. The van der Waals surface area contributed by atoms with Gasteiger partial charge in [0.25, 0.3) is 5.91 Å². The fourth-order valence-corrected chi connectivity index (χ4v) is 2.19. The summed E-state index contributed by atoms with van der Waals surface area (Å²) in [7, 11) is 0. The lowest BCUT2D eigenvalue weighted by Crippen LogP contribution is -2.30. The van der Waals surface area contributed by atoms with Crippen molar-refractivity contribution in [1.29, 1.82) is 0 Å². The zero-order valence-corrected chi connectivity index (χ0v) is 13.8. The van der Waals surface area contributed by atoms with Crippen LogP contribution in [0.1, 0.15) is 18.9 Å². The first-order valence-electron chi connectivity index (χ1n) is 7.45. The van der Waals surface area contributed by atoms with Crippen LogP contribution >= 0.6 is 11.6 Å². The second-order valence-electron chi connectivity index (χ2n) is 5.23. The molecule has 6 heteroatoms. The van der Waals surface area contributed by atoms with Gasteiger partial charge < -0.3 is 10.1 Å². The van der Waals surface area contributed by atoms with Gasteiger partial charge in [-0.1, -0.05) is 35.9 Å². The zero-order valence-electron chi connectivity index (χ0n) is 13.1. The smallest absolute Gasteiger partial charge is 0.306 e. The summed E-state index contributed by atoms with van der Waals surface area (Å²) in [6, 6.07) is 12.7. The quantitative estimate of drug-likeness (QED) is 0.802. The van der Waals surface area contributed by atoms with Gasteiger partial charge in [-0.3, -0.25) is 9.59 Å². The molecule has 4 nitrogen and oxygen atoms in total. The number of esters is 1. The highest BCUT2D eigenvalue weighted by Gasteiger charge is 2.18. The molecule has 0 bridgehead atoms. The molecule has 0 aromatic heterocycles. The summed E-state index contributed by atoms with van der Waals surface area (Å²) in [5, 5.41) is 3.01. The van der Waals surface area contributed by atoms with Gasteiger partial charge in [0.15, 0.2) is 6.10 Å². The second-order valence-corrected chi connectivity index (χ2v) is 5.63. The van der Waals surface area contributed by atoms with E-state index in [-0.39, 0.29) is 12.2 Å². The van der Waals surface area contributed by atoms with E-state index < -0.39 is 18.0 Å². The van der Waals surface area contributed by atoms with Gasteiger partial charge in [-0.05, 0) is 43.2 Å². The van der Waals surface area contributed by atoms with Gasteiger partial charge >= 0.3 is 5.97 Å². The molecule has 2 aromatic rings. The molecule has 1 N–H and O–H groups in total. The lowest BCUT2D eigenvalue weighted by atomic mass is 10.1. The van der Waals surface area contributed by atoms with Crippen molar-refractivity contribution in [2.75, 3.05) is 5.32 Å². The van der Waals surface area contributed by atoms with Gasteiger partial charge in [0, 0.05) is 6.42 Å². The average molecular weight is 350 g/mol. The maximum absolute atomic E-state index is 12.8. The third-order valence-corrected chi connectivity index (χ3v) is 3.67. The predicted molar refractivity (Wildman–Crippen MR) is 90.4 cm³/mol. The van der Waals surface area contributed by atoms with Crippen LogP contribution in [-0.2, 0) is 20.7 Å². The molecule has 1 atom stereocenters. The summed E-state index contributed by atoms with van der Waals surface area (Å²) < 4.78 is 17.9. The number of anilines is 1. The molecular formula is C18H17ClFNO3. The van der Waals surface area contributed by atoms with Crippen LogP contribution in [0, 0.1) is 5.82 Å². The van der Waals surface area contributed by atoms with Crippen molar-refractivity contribution >= 4 is 29.2 Å². The van der Waals surface area contributed by atoms with Crippen molar-refractivity contribution in [3.8, 4) is 0 Å². The van der Waals surface area contributed by atoms with Crippen molar-refractivity contribution in [2.24, 2.45) is 0 Å². The fraction of sp³-hybridized carbons (Fsp3) is 0.222. The Morgan fingerprint density at radius 3 is 2.50 bits per heavy atom. The maximum atomic E-state index is 12.8. The third kappa shape index (κ3) is 5.35. The fourth-order valence-electron chi connectivity index (χ4n) is 2.00. The number of halogens is 2. The maximum Gasteiger partial charge on any atom is 0.306 e. The van der Waals surface area contributed by atoms with Crippen molar-refractivity contribution in [2.45, 2.75) is 25.9 Å². The van der Waals surface area contributed by atoms with E-state index in [1.807, 2.05) is 0 Å². The SMILES string of the molecule is C[C@@H](OC(=O)CCc1ccc(F)cc1)C(=O)Nc1ccccc1Cl. The number of carbonyl (C=O) groups excluding carboxylic acids is 2. The molecule has 0 unspecified atom stereocenters. The van der Waals surface area contributed by atoms with Crippen LogP contribution in [0.2, 0.25) is 5.02 Å². The van der Waals surface area contributed by atoms with Crippen molar-refractivity contribution < 1.29 is 18.7 Å². The van der Waals surface area contributed by atoms with Crippen LogP contribution in [0.4, 0.5) is 10.1 Å². The van der Waals surface area contributed by atoms with Gasteiger partial charge in [-0.25, -0.2) is 4.39 Å². The number of hydrogen-bond acceptors (Lipinski definition) is 3. The minimum atomic E-state index is -0.943. The molecule has 24 heavy (non-hydrogen) atoms. The number of amides is 1. The average Bonchev–Trinajstić information content (AvgIpc) is 2.56. The van der Waals surface area contributed by atoms with Crippen molar-refractivity contribution in [3.05, 3.63) is 64.9 Å². The molecule has 1 amide bonds. The summed E-state index contributed by atoms with van der Waals surface area (Å²) in [4.78, 5) is 23.8. The first kappa shape index (κ1) is 17.9. The monoisotopic (exact) mass is 349 g/mol. The van der Waals surface area contributed by atoms with Crippen LogP contribution in [0.5, 0.6) is 0 Å². The van der Waals surface area contributed by atoms with Gasteiger partial charge in [-0.15, -0.1) is 0 Å². The molecule has 0 fully saturated rings. The number of hydrogen-bond donors (Lipinski definition) is 1. The minimum absolute atomic E-state index is 0.106. The number of para-hydroxylation sites is 1. The van der Waals surface area contributed by atoms with Crippen LogP contribution in [-0.4, -0.2) is 18.0 Å². The molecule has 2 rings (SSSR count). The first-order valence-corrected chi connectivity index (χ1v) is 7.83. The highest BCUT2D eigenvalue weighted by molar-refractivity contribution is 6.33. The largest absolute Gasteiger partial charge is 0.453 e. The van der Waals surface area contributed by atoms with E-state index >= 15 is 0 Å².